The van der Waals surface area contributed by atoms with Gasteiger partial charge in [-0.2, -0.15) is 0 Å². The molecule has 0 saturated heterocycles. The van der Waals surface area contributed by atoms with Crippen molar-refractivity contribution in [3.8, 4) is 0 Å². The summed E-state index contributed by atoms with van der Waals surface area (Å²) in [5.41, 5.74) is 0. The molecule has 3 heteroatoms. The highest BCUT2D eigenvalue weighted by atomic mass is 16.5. The summed E-state index contributed by atoms with van der Waals surface area (Å²) in [6.45, 7) is 5.79. The fraction of sp³-hybridized carbons (Fsp3) is 0.875. The maximum atomic E-state index is 11.2. The van der Waals surface area contributed by atoms with Gasteiger partial charge in [0.1, 0.15) is 6.10 Å². The third kappa shape index (κ3) is 3.98. The van der Waals surface area contributed by atoms with Crippen LogP contribution in [0.2, 0.25) is 0 Å². The van der Waals surface area contributed by atoms with Gasteiger partial charge in [-0.15, -0.1) is 0 Å². The SMILES string of the molecule is CCC(OC)C(=O)NC(C)C. The minimum absolute atomic E-state index is 0.0231. The van der Waals surface area contributed by atoms with Gasteiger partial charge in [0.2, 0.25) is 5.91 Å². The van der Waals surface area contributed by atoms with E-state index in [0.29, 0.717) is 0 Å². The average Bonchev–Trinajstić information content (AvgIpc) is 1.88. The summed E-state index contributed by atoms with van der Waals surface area (Å²) in [4.78, 5) is 11.2. The van der Waals surface area contributed by atoms with Crippen molar-refractivity contribution >= 4 is 5.91 Å². The molecular formula is C8H17NO2. The van der Waals surface area contributed by atoms with E-state index in [1.54, 1.807) is 7.11 Å². The Morgan fingerprint density at radius 2 is 2.09 bits per heavy atom. The van der Waals surface area contributed by atoms with E-state index in [0.717, 1.165) is 6.42 Å². The Kier molecular flexibility index (Phi) is 4.86. The molecule has 11 heavy (non-hydrogen) atoms. The van der Waals surface area contributed by atoms with E-state index in [4.69, 9.17) is 4.74 Å². The third-order valence-electron chi connectivity index (χ3n) is 1.38. The van der Waals surface area contributed by atoms with Gasteiger partial charge in [-0.1, -0.05) is 6.92 Å². The standard InChI is InChI=1S/C8H17NO2/c1-5-7(11-4)8(10)9-6(2)3/h6-7H,5H2,1-4H3,(H,9,10). The van der Waals surface area contributed by atoms with Crippen molar-refractivity contribution in [2.45, 2.75) is 39.3 Å². The van der Waals surface area contributed by atoms with Crippen molar-refractivity contribution in [2.75, 3.05) is 7.11 Å². The highest BCUT2D eigenvalue weighted by Gasteiger charge is 2.14. The van der Waals surface area contributed by atoms with E-state index in [2.05, 4.69) is 5.32 Å². The lowest BCUT2D eigenvalue weighted by molar-refractivity contribution is -0.131. The van der Waals surface area contributed by atoms with Crippen LogP contribution in [0.3, 0.4) is 0 Å². The Hall–Kier alpha value is -0.570. The summed E-state index contributed by atoms with van der Waals surface area (Å²) in [6, 6.07) is 0.187. The Balaban J connectivity index is 3.79. The fourth-order valence-electron chi connectivity index (χ4n) is 0.837. The van der Waals surface area contributed by atoms with Gasteiger partial charge in [-0.25, -0.2) is 0 Å². The Labute approximate surface area is 68.1 Å². The first-order valence-corrected chi connectivity index (χ1v) is 3.95. The summed E-state index contributed by atoms with van der Waals surface area (Å²) < 4.78 is 4.95. The number of carbonyl (C=O) groups excluding carboxylic acids is 1. The van der Waals surface area contributed by atoms with Crippen molar-refractivity contribution in [2.24, 2.45) is 0 Å². The van der Waals surface area contributed by atoms with Gasteiger partial charge in [-0.05, 0) is 20.3 Å². The number of hydrogen-bond acceptors (Lipinski definition) is 2. The van der Waals surface area contributed by atoms with Crippen LogP contribution in [0.25, 0.3) is 0 Å². The van der Waals surface area contributed by atoms with Crippen LogP contribution in [0, 0.1) is 0 Å². The number of ether oxygens (including phenoxy) is 1. The van der Waals surface area contributed by atoms with Gasteiger partial charge < -0.3 is 10.1 Å². The van der Waals surface area contributed by atoms with Crippen molar-refractivity contribution in [1.29, 1.82) is 0 Å². The van der Waals surface area contributed by atoms with E-state index < -0.39 is 0 Å². The summed E-state index contributed by atoms with van der Waals surface area (Å²) in [5.74, 6) is -0.0231. The predicted octanol–water partition coefficient (Wildman–Crippen LogP) is 0.936. The number of hydrogen-bond donors (Lipinski definition) is 1. The molecule has 1 unspecified atom stereocenters. The van der Waals surface area contributed by atoms with Crippen molar-refractivity contribution < 1.29 is 9.53 Å². The summed E-state index contributed by atoms with van der Waals surface area (Å²) in [5, 5.41) is 2.78. The first kappa shape index (κ1) is 10.4. The molecule has 3 nitrogen and oxygen atoms in total. The zero-order valence-electron chi connectivity index (χ0n) is 7.68. The van der Waals surface area contributed by atoms with Gasteiger partial charge >= 0.3 is 0 Å². The van der Waals surface area contributed by atoms with E-state index in [1.807, 2.05) is 20.8 Å². The van der Waals surface area contributed by atoms with Crippen LogP contribution in [-0.2, 0) is 9.53 Å². The first-order valence-electron chi connectivity index (χ1n) is 3.95. The fourth-order valence-corrected chi connectivity index (χ4v) is 0.837. The molecule has 0 aliphatic carbocycles. The number of rotatable bonds is 4. The lowest BCUT2D eigenvalue weighted by Gasteiger charge is -2.14. The molecule has 0 aromatic carbocycles. The van der Waals surface area contributed by atoms with Crippen LogP contribution in [0.4, 0.5) is 0 Å². The highest BCUT2D eigenvalue weighted by Crippen LogP contribution is 1.96. The largest absolute Gasteiger partial charge is 0.372 e. The van der Waals surface area contributed by atoms with Crippen LogP contribution < -0.4 is 5.32 Å². The van der Waals surface area contributed by atoms with Gasteiger partial charge in [0, 0.05) is 13.2 Å². The van der Waals surface area contributed by atoms with Gasteiger partial charge in [-0.3, -0.25) is 4.79 Å². The second kappa shape index (κ2) is 5.13. The molecule has 66 valence electrons. The molecule has 0 saturated carbocycles. The van der Waals surface area contributed by atoms with E-state index in [-0.39, 0.29) is 18.1 Å². The van der Waals surface area contributed by atoms with Crippen LogP contribution in [0.1, 0.15) is 27.2 Å². The molecule has 0 rings (SSSR count). The maximum Gasteiger partial charge on any atom is 0.249 e. The Morgan fingerprint density at radius 3 is 2.36 bits per heavy atom. The molecule has 0 aromatic heterocycles. The lowest BCUT2D eigenvalue weighted by atomic mass is 10.2. The number of nitrogens with one attached hydrogen (secondary N) is 1. The Bertz CT molecular complexity index is 119. The zero-order chi connectivity index (χ0) is 8.85. The van der Waals surface area contributed by atoms with E-state index in [9.17, 15) is 4.79 Å². The van der Waals surface area contributed by atoms with Gasteiger partial charge in [0.25, 0.3) is 0 Å². The molecule has 0 heterocycles. The maximum absolute atomic E-state index is 11.2. The zero-order valence-corrected chi connectivity index (χ0v) is 7.68. The lowest BCUT2D eigenvalue weighted by Crippen LogP contribution is -2.39. The third-order valence-corrected chi connectivity index (χ3v) is 1.38. The van der Waals surface area contributed by atoms with Gasteiger partial charge in [0.05, 0.1) is 0 Å². The molecule has 0 bridgehead atoms. The Morgan fingerprint density at radius 1 is 1.55 bits per heavy atom. The second-order valence-corrected chi connectivity index (χ2v) is 2.80. The van der Waals surface area contributed by atoms with Crippen LogP contribution in [0.15, 0.2) is 0 Å². The molecule has 0 aliphatic heterocycles. The summed E-state index contributed by atoms with van der Waals surface area (Å²) >= 11 is 0. The minimum Gasteiger partial charge on any atom is -0.372 e. The van der Waals surface area contributed by atoms with Crippen LogP contribution >= 0.6 is 0 Å². The van der Waals surface area contributed by atoms with Gasteiger partial charge in [0.15, 0.2) is 0 Å². The second-order valence-electron chi connectivity index (χ2n) is 2.80. The molecule has 0 aromatic rings. The monoisotopic (exact) mass is 159 g/mol. The van der Waals surface area contributed by atoms with Crippen molar-refractivity contribution in [3.63, 3.8) is 0 Å². The smallest absolute Gasteiger partial charge is 0.249 e. The van der Waals surface area contributed by atoms with Crippen LogP contribution in [0.5, 0.6) is 0 Å². The quantitative estimate of drug-likeness (QED) is 0.663. The normalized spacial score (nSPS) is 13.2. The van der Waals surface area contributed by atoms with E-state index >= 15 is 0 Å². The van der Waals surface area contributed by atoms with Crippen molar-refractivity contribution in [1.82, 2.24) is 5.32 Å². The number of methoxy groups -OCH3 is 1. The average molecular weight is 159 g/mol. The van der Waals surface area contributed by atoms with E-state index in [1.165, 1.54) is 0 Å². The highest BCUT2D eigenvalue weighted by molar-refractivity contribution is 5.80. The number of amides is 1. The molecular weight excluding hydrogens is 142 g/mol. The molecule has 0 fully saturated rings. The molecule has 1 N–H and O–H groups in total. The molecule has 0 aliphatic rings. The topological polar surface area (TPSA) is 38.3 Å². The predicted molar refractivity (Wildman–Crippen MR) is 44.4 cm³/mol. The summed E-state index contributed by atoms with van der Waals surface area (Å²) in [6.07, 6.45) is 0.423. The van der Waals surface area contributed by atoms with Crippen LogP contribution in [-0.4, -0.2) is 25.2 Å². The number of carbonyl (C=O) groups is 1. The molecule has 0 radical (unpaired) electrons. The molecule has 1 atom stereocenters. The molecule has 1 amide bonds. The molecule has 0 spiro atoms. The first-order chi connectivity index (χ1) is 5.11. The summed E-state index contributed by atoms with van der Waals surface area (Å²) in [7, 11) is 1.55. The minimum atomic E-state index is -0.294. The van der Waals surface area contributed by atoms with Crippen molar-refractivity contribution in [3.05, 3.63) is 0 Å².